The topological polar surface area (TPSA) is 62.0 Å². The molecule has 3 rings (SSSR count). The van der Waals surface area contributed by atoms with Gasteiger partial charge >= 0.3 is 0 Å². The van der Waals surface area contributed by atoms with Gasteiger partial charge in [-0.25, -0.2) is 0 Å². The molecule has 6 heteroatoms. The SMILES string of the molecule is CN=C(NCC(c1ccc(C)o1)N1CCOCC1)NC(C)c1ccccc1. The number of benzene rings is 1. The second-order valence-electron chi connectivity index (χ2n) is 6.84. The van der Waals surface area contributed by atoms with E-state index in [1.165, 1.54) is 5.56 Å². The first-order valence-corrected chi connectivity index (χ1v) is 9.57. The maximum absolute atomic E-state index is 5.93. The van der Waals surface area contributed by atoms with Crippen LogP contribution in [0.4, 0.5) is 0 Å². The number of hydrogen-bond acceptors (Lipinski definition) is 4. The van der Waals surface area contributed by atoms with Crippen molar-refractivity contribution < 1.29 is 9.15 Å². The van der Waals surface area contributed by atoms with Crippen molar-refractivity contribution in [3.05, 3.63) is 59.5 Å². The van der Waals surface area contributed by atoms with Gasteiger partial charge in [0.15, 0.2) is 5.96 Å². The van der Waals surface area contributed by atoms with Crippen LogP contribution in [0.2, 0.25) is 0 Å². The molecule has 1 aliphatic heterocycles. The summed E-state index contributed by atoms with van der Waals surface area (Å²) in [6, 6.07) is 14.8. The van der Waals surface area contributed by atoms with E-state index in [2.05, 4.69) is 57.8 Å². The monoisotopic (exact) mass is 370 g/mol. The lowest BCUT2D eigenvalue weighted by Crippen LogP contribution is -2.46. The number of nitrogens with one attached hydrogen (secondary N) is 2. The number of morpholine rings is 1. The zero-order valence-electron chi connectivity index (χ0n) is 16.4. The van der Waals surface area contributed by atoms with Crippen LogP contribution in [0.25, 0.3) is 0 Å². The van der Waals surface area contributed by atoms with Crippen LogP contribution in [0, 0.1) is 6.92 Å². The predicted octanol–water partition coefficient (Wildman–Crippen LogP) is 2.89. The maximum atomic E-state index is 5.93. The van der Waals surface area contributed by atoms with Crippen LogP contribution in [-0.4, -0.2) is 50.8 Å². The van der Waals surface area contributed by atoms with E-state index in [1.54, 1.807) is 7.05 Å². The van der Waals surface area contributed by atoms with E-state index in [0.717, 1.165) is 43.8 Å². The van der Waals surface area contributed by atoms with E-state index in [-0.39, 0.29) is 12.1 Å². The molecule has 6 nitrogen and oxygen atoms in total. The Morgan fingerprint density at radius 1 is 1.15 bits per heavy atom. The normalized spacial score (nSPS) is 18.1. The fourth-order valence-electron chi connectivity index (χ4n) is 3.35. The Morgan fingerprint density at radius 3 is 2.52 bits per heavy atom. The highest BCUT2D eigenvalue weighted by molar-refractivity contribution is 5.80. The lowest BCUT2D eigenvalue weighted by molar-refractivity contribution is 0.0124. The van der Waals surface area contributed by atoms with Gasteiger partial charge < -0.3 is 19.8 Å². The number of guanidine groups is 1. The summed E-state index contributed by atoms with van der Waals surface area (Å²) in [4.78, 5) is 6.80. The average Bonchev–Trinajstić information content (AvgIpc) is 3.14. The number of hydrogen-bond donors (Lipinski definition) is 2. The molecule has 146 valence electrons. The minimum atomic E-state index is 0.146. The van der Waals surface area contributed by atoms with Crippen LogP contribution in [0.1, 0.15) is 36.1 Å². The minimum Gasteiger partial charge on any atom is -0.465 e. The number of aliphatic imine (C=N–C) groups is 1. The van der Waals surface area contributed by atoms with E-state index in [4.69, 9.17) is 9.15 Å². The van der Waals surface area contributed by atoms with Gasteiger partial charge in [-0.15, -0.1) is 0 Å². The molecule has 1 saturated heterocycles. The summed E-state index contributed by atoms with van der Waals surface area (Å²) in [5.41, 5.74) is 1.23. The first-order chi connectivity index (χ1) is 13.2. The molecule has 1 fully saturated rings. The summed E-state index contributed by atoms with van der Waals surface area (Å²) in [6.45, 7) is 8.15. The zero-order chi connectivity index (χ0) is 19.1. The lowest BCUT2D eigenvalue weighted by Gasteiger charge is -2.33. The molecule has 0 aliphatic carbocycles. The molecule has 1 aliphatic rings. The van der Waals surface area contributed by atoms with Crippen LogP contribution >= 0.6 is 0 Å². The second kappa shape index (κ2) is 9.58. The van der Waals surface area contributed by atoms with Crippen molar-refractivity contribution in [3.63, 3.8) is 0 Å². The lowest BCUT2D eigenvalue weighted by atomic mass is 10.1. The zero-order valence-corrected chi connectivity index (χ0v) is 16.4. The van der Waals surface area contributed by atoms with Crippen molar-refractivity contribution in [2.45, 2.75) is 25.9 Å². The van der Waals surface area contributed by atoms with Gasteiger partial charge in [-0.3, -0.25) is 9.89 Å². The number of nitrogens with zero attached hydrogens (tertiary/aromatic N) is 2. The van der Waals surface area contributed by atoms with Gasteiger partial charge in [0.05, 0.1) is 25.3 Å². The molecule has 1 aromatic heterocycles. The molecule has 2 aromatic rings. The molecule has 0 radical (unpaired) electrons. The molecule has 0 spiro atoms. The average molecular weight is 370 g/mol. The van der Waals surface area contributed by atoms with Crippen LogP contribution in [0.5, 0.6) is 0 Å². The quantitative estimate of drug-likeness (QED) is 0.605. The van der Waals surface area contributed by atoms with Crippen molar-refractivity contribution in [1.82, 2.24) is 15.5 Å². The van der Waals surface area contributed by atoms with Crippen molar-refractivity contribution in [2.24, 2.45) is 4.99 Å². The van der Waals surface area contributed by atoms with Crippen molar-refractivity contribution in [1.29, 1.82) is 0 Å². The first-order valence-electron chi connectivity index (χ1n) is 9.57. The van der Waals surface area contributed by atoms with Crippen LogP contribution < -0.4 is 10.6 Å². The van der Waals surface area contributed by atoms with Gasteiger partial charge in [0, 0.05) is 26.7 Å². The van der Waals surface area contributed by atoms with Crippen molar-refractivity contribution in [3.8, 4) is 0 Å². The van der Waals surface area contributed by atoms with Crippen molar-refractivity contribution in [2.75, 3.05) is 39.9 Å². The third-order valence-corrected chi connectivity index (χ3v) is 4.92. The first kappa shape index (κ1) is 19.5. The number of aryl methyl sites for hydroxylation is 1. The molecule has 2 atom stereocenters. The third kappa shape index (κ3) is 5.34. The van der Waals surface area contributed by atoms with E-state index in [0.29, 0.717) is 6.54 Å². The smallest absolute Gasteiger partial charge is 0.191 e. The largest absolute Gasteiger partial charge is 0.465 e. The van der Waals surface area contributed by atoms with Gasteiger partial charge in [-0.05, 0) is 31.5 Å². The molecule has 0 saturated carbocycles. The summed E-state index contributed by atoms with van der Waals surface area (Å²) in [5.74, 6) is 2.70. The number of rotatable bonds is 6. The Hall–Kier alpha value is -2.31. The van der Waals surface area contributed by atoms with Gasteiger partial charge in [-0.1, -0.05) is 30.3 Å². The van der Waals surface area contributed by atoms with Crippen LogP contribution in [0.3, 0.4) is 0 Å². The Kier molecular flexibility index (Phi) is 6.90. The van der Waals surface area contributed by atoms with E-state index in [9.17, 15) is 0 Å². The molecule has 1 aromatic carbocycles. The minimum absolute atomic E-state index is 0.146. The van der Waals surface area contributed by atoms with Gasteiger partial charge in [0.1, 0.15) is 11.5 Å². The van der Waals surface area contributed by atoms with Gasteiger partial charge in [-0.2, -0.15) is 0 Å². The molecule has 27 heavy (non-hydrogen) atoms. The van der Waals surface area contributed by atoms with E-state index >= 15 is 0 Å². The summed E-state index contributed by atoms with van der Waals surface area (Å²) >= 11 is 0. The molecule has 0 bridgehead atoms. The third-order valence-electron chi connectivity index (χ3n) is 4.92. The Bertz CT molecular complexity index is 723. The van der Waals surface area contributed by atoms with E-state index in [1.807, 2.05) is 19.1 Å². The second-order valence-corrected chi connectivity index (χ2v) is 6.84. The van der Waals surface area contributed by atoms with Crippen LogP contribution in [0.15, 0.2) is 51.9 Å². The Balaban J connectivity index is 1.64. The fourth-order valence-corrected chi connectivity index (χ4v) is 3.35. The van der Waals surface area contributed by atoms with Crippen LogP contribution in [-0.2, 0) is 4.74 Å². The number of furan rings is 1. The Morgan fingerprint density at radius 2 is 1.89 bits per heavy atom. The van der Waals surface area contributed by atoms with Crippen molar-refractivity contribution >= 4 is 5.96 Å². The standard InChI is InChI=1S/C21H30N4O2/c1-16-9-10-20(27-16)19(25-11-13-26-14-12-25)15-23-21(22-3)24-17(2)18-7-5-4-6-8-18/h4-10,17,19H,11-15H2,1-3H3,(H2,22,23,24). The summed E-state index contributed by atoms with van der Waals surface area (Å²) in [5, 5.41) is 6.93. The van der Waals surface area contributed by atoms with E-state index < -0.39 is 0 Å². The molecular weight excluding hydrogens is 340 g/mol. The number of ether oxygens (including phenoxy) is 1. The van der Waals surface area contributed by atoms with Gasteiger partial charge in [0.25, 0.3) is 0 Å². The summed E-state index contributed by atoms with van der Waals surface area (Å²) < 4.78 is 11.4. The maximum Gasteiger partial charge on any atom is 0.191 e. The molecule has 0 amide bonds. The van der Waals surface area contributed by atoms with Gasteiger partial charge in [0.2, 0.25) is 0 Å². The molecule has 2 N–H and O–H groups in total. The molecular formula is C21H30N4O2. The fraction of sp³-hybridized carbons (Fsp3) is 0.476. The Labute approximate surface area is 161 Å². The predicted molar refractivity (Wildman–Crippen MR) is 108 cm³/mol. The highest BCUT2D eigenvalue weighted by Gasteiger charge is 2.25. The highest BCUT2D eigenvalue weighted by Crippen LogP contribution is 2.23. The molecule has 2 heterocycles. The highest BCUT2D eigenvalue weighted by atomic mass is 16.5. The molecule has 2 unspecified atom stereocenters. The summed E-state index contributed by atoms with van der Waals surface area (Å²) in [6.07, 6.45) is 0. The summed E-state index contributed by atoms with van der Waals surface area (Å²) in [7, 11) is 1.80.